The first-order valence-electron chi connectivity index (χ1n) is 7.80. The minimum atomic E-state index is 0.206. The highest BCUT2D eigenvalue weighted by molar-refractivity contribution is 6.55. The second-order valence-corrected chi connectivity index (χ2v) is 6.17. The molecule has 0 spiro atoms. The van der Waals surface area contributed by atoms with E-state index in [0.717, 1.165) is 48.3 Å². The Morgan fingerprint density at radius 3 is 2.52 bits per heavy atom. The van der Waals surface area contributed by atoms with Crippen LogP contribution in [0, 0.1) is 6.92 Å². The second kappa shape index (κ2) is 11.6. The predicted molar refractivity (Wildman–Crippen MR) is 95.3 cm³/mol. The van der Waals surface area contributed by atoms with Crippen LogP contribution in [0.3, 0.4) is 0 Å². The fourth-order valence-corrected chi connectivity index (χ4v) is 2.33. The van der Waals surface area contributed by atoms with Crippen LogP contribution in [0.4, 0.5) is 0 Å². The molecule has 0 unspecified atom stereocenters. The highest BCUT2D eigenvalue weighted by Crippen LogP contribution is 2.30. The van der Waals surface area contributed by atoms with E-state index in [1.54, 1.807) is 6.08 Å². The summed E-state index contributed by atoms with van der Waals surface area (Å²) in [5.74, 6) is 6.73. The van der Waals surface area contributed by atoms with Crippen LogP contribution in [-0.4, -0.2) is 19.8 Å². The van der Waals surface area contributed by atoms with Crippen molar-refractivity contribution in [3.8, 4) is 11.5 Å². The molecule has 1 aromatic rings. The lowest BCUT2D eigenvalue weighted by molar-refractivity contribution is 0.132. The molecule has 0 saturated carbocycles. The maximum absolute atomic E-state index is 5.95. The Balaban J connectivity index is 2.60. The standard InChI is InChI=1S/C17H25Cl2NO3/c1-3-14-12-15(21-10-7-16(18)19)11-13(2)17(14)22-8-5-4-6-9-23-20/h7,11-12H,3-6,8-10,20H2,1-2H3. The molecular weight excluding hydrogens is 337 g/mol. The molecule has 0 aromatic heterocycles. The van der Waals surface area contributed by atoms with Gasteiger partial charge in [-0.2, -0.15) is 0 Å². The van der Waals surface area contributed by atoms with E-state index in [1.165, 1.54) is 0 Å². The third-order valence-corrected chi connectivity index (χ3v) is 3.66. The zero-order valence-corrected chi connectivity index (χ0v) is 15.3. The van der Waals surface area contributed by atoms with Gasteiger partial charge < -0.3 is 14.3 Å². The molecule has 0 atom stereocenters. The Bertz CT molecular complexity index is 503. The van der Waals surface area contributed by atoms with Crippen LogP contribution in [0.5, 0.6) is 11.5 Å². The van der Waals surface area contributed by atoms with Crippen LogP contribution in [0.25, 0.3) is 0 Å². The smallest absolute Gasteiger partial charge is 0.125 e. The van der Waals surface area contributed by atoms with Gasteiger partial charge in [-0.25, -0.2) is 5.90 Å². The lowest BCUT2D eigenvalue weighted by atomic mass is 10.1. The molecule has 0 aliphatic heterocycles. The maximum atomic E-state index is 5.95. The minimum absolute atomic E-state index is 0.206. The molecule has 1 rings (SSSR count). The summed E-state index contributed by atoms with van der Waals surface area (Å²) < 4.78 is 11.8. The van der Waals surface area contributed by atoms with Gasteiger partial charge >= 0.3 is 0 Å². The number of aryl methyl sites for hydroxylation is 2. The van der Waals surface area contributed by atoms with Crippen molar-refractivity contribution in [2.75, 3.05) is 19.8 Å². The summed E-state index contributed by atoms with van der Waals surface area (Å²) >= 11 is 11.1. The third-order valence-electron chi connectivity index (χ3n) is 3.35. The third kappa shape index (κ3) is 7.93. The number of halogens is 2. The van der Waals surface area contributed by atoms with Gasteiger partial charge in [0, 0.05) is 0 Å². The molecule has 0 fully saturated rings. The Hall–Kier alpha value is -0.940. The van der Waals surface area contributed by atoms with Gasteiger partial charge in [0.15, 0.2) is 0 Å². The molecule has 130 valence electrons. The van der Waals surface area contributed by atoms with Gasteiger partial charge in [-0.15, -0.1) is 0 Å². The first-order chi connectivity index (χ1) is 11.1. The van der Waals surface area contributed by atoms with E-state index >= 15 is 0 Å². The number of hydrogen-bond donors (Lipinski definition) is 1. The summed E-state index contributed by atoms with van der Waals surface area (Å²) in [5.41, 5.74) is 2.19. The van der Waals surface area contributed by atoms with E-state index < -0.39 is 0 Å². The molecule has 23 heavy (non-hydrogen) atoms. The number of rotatable bonds is 11. The molecule has 0 amide bonds. The van der Waals surface area contributed by atoms with Crippen LogP contribution in [0.2, 0.25) is 0 Å². The number of benzene rings is 1. The quantitative estimate of drug-likeness (QED) is 0.458. The summed E-state index contributed by atoms with van der Waals surface area (Å²) in [7, 11) is 0. The molecule has 2 N–H and O–H groups in total. The van der Waals surface area contributed by atoms with Crippen LogP contribution in [-0.2, 0) is 11.3 Å². The van der Waals surface area contributed by atoms with E-state index in [-0.39, 0.29) is 4.49 Å². The number of ether oxygens (including phenoxy) is 2. The predicted octanol–water partition coefficient (Wildman–Crippen LogP) is 4.69. The van der Waals surface area contributed by atoms with Crippen molar-refractivity contribution in [3.05, 3.63) is 33.8 Å². The van der Waals surface area contributed by atoms with Crippen molar-refractivity contribution < 1.29 is 14.3 Å². The zero-order valence-electron chi connectivity index (χ0n) is 13.7. The van der Waals surface area contributed by atoms with E-state index in [9.17, 15) is 0 Å². The van der Waals surface area contributed by atoms with Crippen molar-refractivity contribution in [1.29, 1.82) is 0 Å². The molecule has 0 heterocycles. The van der Waals surface area contributed by atoms with Crippen molar-refractivity contribution >= 4 is 23.2 Å². The van der Waals surface area contributed by atoms with Crippen molar-refractivity contribution in [3.63, 3.8) is 0 Å². The Kier molecular flexibility index (Phi) is 10.1. The van der Waals surface area contributed by atoms with Crippen molar-refractivity contribution in [2.24, 2.45) is 5.90 Å². The van der Waals surface area contributed by atoms with Gasteiger partial charge in [0.2, 0.25) is 0 Å². The number of unbranched alkanes of at least 4 members (excludes halogenated alkanes) is 2. The van der Waals surface area contributed by atoms with Gasteiger partial charge in [0.1, 0.15) is 22.6 Å². The van der Waals surface area contributed by atoms with E-state index in [2.05, 4.69) is 11.8 Å². The maximum Gasteiger partial charge on any atom is 0.125 e. The monoisotopic (exact) mass is 361 g/mol. The van der Waals surface area contributed by atoms with Gasteiger partial charge in [0.25, 0.3) is 0 Å². The van der Waals surface area contributed by atoms with Crippen molar-refractivity contribution in [1.82, 2.24) is 0 Å². The van der Waals surface area contributed by atoms with Crippen LogP contribution in [0.15, 0.2) is 22.7 Å². The van der Waals surface area contributed by atoms with Crippen molar-refractivity contribution in [2.45, 2.75) is 39.5 Å². The number of hydrogen-bond acceptors (Lipinski definition) is 4. The first-order valence-corrected chi connectivity index (χ1v) is 8.56. The SMILES string of the molecule is CCc1cc(OCC=C(Cl)Cl)cc(C)c1OCCCCCON. The summed E-state index contributed by atoms with van der Waals surface area (Å²) in [4.78, 5) is 4.55. The molecule has 0 aliphatic carbocycles. The van der Waals surface area contributed by atoms with Gasteiger partial charge in [-0.05, 0) is 61.9 Å². The van der Waals surface area contributed by atoms with Gasteiger partial charge in [0.05, 0.1) is 13.2 Å². The lowest BCUT2D eigenvalue weighted by Crippen LogP contribution is -2.05. The summed E-state index contributed by atoms with van der Waals surface area (Å²) in [5, 5.41) is 0. The summed E-state index contributed by atoms with van der Waals surface area (Å²) in [6.45, 7) is 5.73. The van der Waals surface area contributed by atoms with E-state index in [4.69, 9.17) is 38.6 Å². The number of nitrogens with two attached hydrogens (primary N) is 1. The fourth-order valence-electron chi connectivity index (χ4n) is 2.20. The molecule has 0 aliphatic rings. The minimum Gasteiger partial charge on any atom is -0.493 e. The second-order valence-electron chi connectivity index (χ2n) is 5.17. The fraction of sp³-hybridized carbons (Fsp3) is 0.529. The summed E-state index contributed by atoms with van der Waals surface area (Å²) in [6.07, 6.45) is 5.44. The molecule has 0 saturated heterocycles. The van der Waals surface area contributed by atoms with Gasteiger partial charge in [-0.1, -0.05) is 30.1 Å². The van der Waals surface area contributed by atoms with Crippen LogP contribution in [0.1, 0.15) is 37.3 Å². The van der Waals surface area contributed by atoms with E-state index in [1.807, 2.05) is 19.1 Å². The normalized spacial score (nSPS) is 10.5. The topological polar surface area (TPSA) is 53.7 Å². The molecule has 1 aromatic carbocycles. The highest BCUT2D eigenvalue weighted by Gasteiger charge is 2.09. The average Bonchev–Trinajstić information content (AvgIpc) is 2.51. The molecular formula is C17H25Cl2NO3. The lowest BCUT2D eigenvalue weighted by Gasteiger charge is -2.15. The van der Waals surface area contributed by atoms with Crippen LogP contribution < -0.4 is 15.4 Å². The molecule has 6 heteroatoms. The highest BCUT2D eigenvalue weighted by atomic mass is 35.5. The summed E-state index contributed by atoms with van der Waals surface area (Å²) in [6, 6.07) is 3.97. The Morgan fingerprint density at radius 1 is 1.13 bits per heavy atom. The molecule has 0 bridgehead atoms. The first kappa shape index (κ1) is 20.1. The van der Waals surface area contributed by atoms with E-state index in [0.29, 0.717) is 19.8 Å². The van der Waals surface area contributed by atoms with Crippen LogP contribution >= 0.6 is 23.2 Å². The van der Waals surface area contributed by atoms with Gasteiger partial charge in [-0.3, -0.25) is 0 Å². The average molecular weight is 362 g/mol. The largest absolute Gasteiger partial charge is 0.493 e. The Morgan fingerprint density at radius 2 is 1.87 bits per heavy atom. The molecule has 0 radical (unpaired) electrons. The Labute approximate surface area is 148 Å². The zero-order chi connectivity index (χ0) is 17.1. The molecule has 4 nitrogen and oxygen atoms in total.